The molecule has 0 bridgehead atoms. The predicted molar refractivity (Wildman–Crippen MR) is 75.5 cm³/mol. The molecule has 104 valence electrons. The average Bonchev–Trinajstić information content (AvgIpc) is 2.86. The van der Waals surface area contributed by atoms with Crippen molar-refractivity contribution in [3.8, 4) is 5.75 Å². The van der Waals surface area contributed by atoms with Gasteiger partial charge in [0, 0.05) is 23.7 Å². The number of nitrogens with two attached hydrogens (primary N) is 1. The second kappa shape index (κ2) is 5.38. The molecule has 1 aliphatic rings. The molecule has 0 saturated carbocycles. The van der Waals surface area contributed by atoms with E-state index in [1.165, 1.54) is 6.07 Å². The van der Waals surface area contributed by atoms with Crippen LogP contribution >= 0.6 is 11.6 Å². The maximum atomic E-state index is 13.2. The third-order valence-corrected chi connectivity index (χ3v) is 3.64. The van der Waals surface area contributed by atoms with Crippen LogP contribution in [0.15, 0.2) is 30.6 Å². The van der Waals surface area contributed by atoms with Crippen molar-refractivity contribution in [2.24, 2.45) is 5.73 Å². The fourth-order valence-electron chi connectivity index (χ4n) is 2.48. The standard InChI is InChI=1S/C15H14ClFN2O/c16-12-3-9-1-2-20-15(9)10(4-12)6-14(18)11-5-13(17)8-19-7-11/h3-5,7-8,14H,1-2,6,18H2. The zero-order valence-electron chi connectivity index (χ0n) is 10.8. The average molecular weight is 293 g/mol. The molecular formula is C15H14ClFN2O. The minimum atomic E-state index is -0.384. The monoisotopic (exact) mass is 292 g/mol. The highest BCUT2D eigenvalue weighted by atomic mass is 35.5. The Hall–Kier alpha value is -1.65. The van der Waals surface area contributed by atoms with Gasteiger partial charge in [0.25, 0.3) is 0 Å². The number of nitrogens with zero attached hydrogens (tertiary/aromatic N) is 1. The van der Waals surface area contributed by atoms with Crippen molar-refractivity contribution in [2.75, 3.05) is 6.61 Å². The first-order valence-corrected chi connectivity index (χ1v) is 6.81. The molecule has 2 aromatic rings. The number of aromatic nitrogens is 1. The zero-order valence-corrected chi connectivity index (χ0v) is 11.5. The van der Waals surface area contributed by atoms with Gasteiger partial charge in [-0.15, -0.1) is 0 Å². The molecule has 2 N–H and O–H groups in total. The van der Waals surface area contributed by atoms with Gasteiger partial charge in [-0.3, -0.25) is 4.98 Å². The van der Waals surface area contributed by atoms with Crippen molar-refractivity contribution in [2.45, 2.75) is 18.9 Å². The summed E-state index contributed by atoms with van der Waals surface area (Å²) in [6.45, 7) is 0.666. The van der Waals surface area contributed by atoms with E-state index < -0.39 is 0 Å². The topological polar surface area (TPSA) is 48.1 Å². The fraction of sp³-hybridized carbons (Fsp3) is 0.267. The molecule has 1 atom stereocenters. The van der Waals surface area contributed by atoms with Crippen molar-refractivity contribution in [3.63, 3.8) is 0 Å². The van der Waals surface area contributed by atoms with Crippen molar-refractivity contribution in [1.29, 1.82) is 0 Å². The third-order valence-electron chi connectivity index (χ3n) is 3.42. The lowest BCUT2D eigenvalue weighted by molar-refractivity contribution is 0.352. The molecule has 0 aliphatic carbocycles. The van der Waals surface area contributed by atoms with Crippen molar-refractivity contribution in [1.82, 2.24) is 4.98 Å². The number of rotatable bonds is 3. The van der Waals surface area contributed by atoms with Gasteiger partial charge in [0.1, 0.15) is 11.6 Å². The van der Waals surface area contributed by atoms with E-state index in [-0.39, 0.29) is 11.9 Å². The van der Waals surface area contributed by atoms with Gasteiger partial charge in [-0.05, 0) is 41.3 Å². The highest BCUT2D eigenvalue weighted by Gasteiger charge is 2.20. The van der Waals surface area contributed by atoms with Gasteiger partial charge >= 0.3 is 0 Å². The highest BCUT2D eigenvalue weighted by molar-refractivity contribution is 6.30. The van der Waals surface area contributed by atoms with E-state index in [1.54, 1.807) is 6.20 Å². The molecule has 3 rings (SSSR count). The van der Waals surface area contributed by atoms with E-state index >= 15 is 0 Å². The van der Waals surface area contributed by atoms with Crippen LogP contribution in [-0.4, -0.2) is 11.6 Å². The summed E-state index contributed by atoms with van der Waals surface area (Å²) < 4.78 is 18.8. The summed E-state index contributed by atoms with van der Waals surface area (Å²) >= 11 is 6.11. The Morgan fingerprint density at radius 1 is 1.35 bits per heavy atom. The minimum Gasteiger partial charge on any atom is -0.493 e. The van der Waals surface area contributed by atoms with Crippen molar-refractivity contribution < 1.29 is 9.13 Å². The summed E-state index contributed by atoms with van der Waals surface area (Å²) in [5.41, 5.74) is 8.87. The first kappa shape index (κ1) is 13.3. The molecule has 0 radical (unpaired) electrons. The number of fused-ring (bicyclic) bond motifs is 1. The SMILES string of the molecule is NC(Cc1cc(Cl)cc2c1OCC2)c1cncc(F)c1. The van der Waals surface area contributed by atoms with E-state index in [4.69, 9.17) is 22.1 Å². The highest BCUT2D eigenvalue weighted by Crippen LogP contribution is 2.34. The van der Waals surface area contributed by atoms with Gasteiger partial charge in [0.15, 0.2) is 0 Å². The van der Waals surface area contributed by atoms with Crippen LogP contribution < -0.4 is 10.5 Å². The summed E-state index contributed by atoms with van der Waals surface area (Å²) in [5, 5.41) is 0.675. The van der Waals surface area contributed by atoms with Gasteiger partial charge in [0.2, 0.25) is 0 Å². The number of halogens is 2. The second-order valence-corrected chi connectivity index (χ2v) is 5.34. The Balaban J connectivity index is 1.88. The van der Waals surface area contributed by atoms with Crippen molar-refractivity contribution >= 4 is 11.6 Å². The number of benzene rings is 1. The summed E-state index contributed by atoms with van der Waals surface area (Å²) in [4.78, 5) is 3.82. The molecule has 20 heavy (non-hydrogen) atoms. The molecule has 1 aliphatic heterocycles. The molecule has 1 aromatic heterocycles. The zero-order chi connectivity index (χ0) is 14.1. The van der Waals surface area contributed by atoms with Crippen LogP contribution in [0.4, 0.5) is 4.39 Å². The quantitative estimate of drug-likeness (QED) is 0.946. The lowest BCUT2D eigenvalue weighted by Crippen LogP contribution is -2.14. The van der Waals surface area contributed by atoms with E-state index in [1.807, 2.05) is 12.1 Å². The molecule has 1 unspecified atom stereocenters. The fourth-order valence-corrected chi connectivity index (χ4v) is 2.75. The van der Waals surface area contributed by atoms with Crippen LogP contribution in [0.25, 0.3) is 0 Å². The second-order valence-electron chi connectivity index (χ2n) is 4.90. The van der Waals surface area contributed by atoms with Crippen LogP contribution in [0.2, 0.25) is 5.02 Å². The number of hydrogen-bond donors (Lipinski definition) is 1. The normalized spacial score (nSPS) is 14.8. The van der Waals surface area contributed by atoms with Gasteiger partial charge in [-0.1, -0.05) is 11.6 Å². The van der Waals surface area contributed by atoms with Gasteiger partial charge < -0.3 is 10.5 Å². The van der Waals surface area contributed by atoms with Gasteiger partial charge in [-0.25, -0.2) is 4.39 Å². The lowest BCUT2D eigenvalue weighted by atomic mass is 9.98. The van der Waals surface area contributed by atoms with E-state index in [0.29, 0.717) is 23.6 Å². The lowest BCUT2D eigenvalue weighted by Gasteiger charge is -2.14. The minimum absolute atomic E-state index is 0.343. The molecule has 3 nitrogen and oxygen atoms in total. The number of pyridine rings is 1. The van der Waals surface area contributed by atoms with E-state index in [2.05, 4.69) is 4.98 Å². The van der Waals surface area contributed by atoms with Crippen LogP contribution in [0.5, 0.6) is 5.75 Å². The first-order valence-electron chi connectivity index (χ1n) is 6.43. The Morgan fingerprint density at radius 3 is 3.00 bits per heavy atom. The summed E-state index contributed by atoms with van der Waals surface area (Å²) in [6.07, 6.45) is 4.14. The number of hydrogen-bond acceptors (Lipinski definition) is 3. The van der Waals surface area contributed by atoms with E-state index in [9.17, 15) is 4.39 Å². The first-order chi connectivity index (χ1) is 9.63. The molecule has 0 saturated heterocycles. The molecule has 0 amide bonds. The Morgan fingerprint density at radius 2 is 2.20 bits per heavy atom. The Kier molecular flexibility index (Phi) is 3.59. The predicted octanol–water partition coefficient (Wildman–Crippen LogP) is 3.05. The number of ether oxygens (including phenoxy) is 1. The van der Waals surface area contributed by atoms with Gasteiger partial charge in [-0.2, -0.15) is 0 Å². The summed E-state index contributed by atoms with van der Waals surface area (Å²) in [5.74, 6) is 0.486. The van der Waals surface area contributed by atoms with Crippen LogP contribution in [0.1, 0.15) is 22.7 Å². The van der Waals surface area contributed by atoms with Crippen LogP contribution in [0.3, 0.4) is 0 Å². The molecule has 1 aromatic carbocycles. The van der Waals surface area contributed by atoms with Crippen LogP contribution in [0, 0.1) is 5.82 Å². The third kappa shape index (κ3) is 2.62. The molecule has 0 fully saturated rings. The summed E-state index contributed by atoms with van der Waals surface area (Å²) in [6, 6.07) is 4.84. The molecule has 2 heterocycles. The maximum Gasteiger partial charge on any atom is 0.141 e. The van der Waals surface area contributed by atoms with Gasteiger partial charge in [0.05, 0.1) is 12.8 Å². The Labute approximate surface area is 121 Å². The maximum absolute atomic E-state index is 13.2. The summed E-state index contributed by atoms with van der Waals surface area (Å²) in [7, 11) is 0. The van der Waals surface area contributed by atoms with Crippen LogP contribution in [-0.2, 0) is 12.8 Å². The molecular weight excluding hydrogens is 279 g/mol. The molecule has 0 spiro atoms. The largest absolute Gasteiger partial charge is 0.493 e. The Bertz CT molecular complexity index is 648. The van der Waals surface area contributed by atoms with Crippen molar-refractivity contribution in [3.05, 3.63) is 58.1 Å². The van der Waals surface area contributed by atoms with E-state index in [0.717, 1.165) is 29.5 Å². The molecule has 5 heteroatoms. The smallest absolute Gasteiger partial charge is 0.141 e.